The van der Waals surface area contributed by atoms with E-state index in [4.69, 9.17) is 4.74 Å². The van der Waals surface area contributed by atoms with Crippen molar-refractivity contribution in [1.29, 1.82) is 0 Å². The van der Waals surface area contributed by atoms with E-state index in [-0.39, 0.29) is 0 Å². The van der Waals surface area contributed by atoms with Crippen LogP contribution in [0.1, 0.15) is 17.0 Å². The highest BCUT2D eigenvalue weighted by molar-refractivity contribution is 5.59. The van der Waals surface area contributed by atoms with Crippen molar-refractivity contribution < 1.29 is 4.74 Å². The third-order valence-corrected chi connectivity index (χ3v) is 4.44. The first-order chi connectivity index (χ1) is 13.2. The molecule has 0 spiro atoms. The third-order valence-electron chi connectivity index (χ3n) is 4.44. The zero-order valence-corrected chi connectivity index (χ0v) is 15.5. The van der Waals surface area contributed by atoms with Gasteiger partial charge in [-0.1, -0.05) is 65.7 Å². The number of para-hydroxylation sites is 1. The lowest BCUT2D eigenvalue weighted by Crippen LogP contribution is -2.07. The Morgan fingerprint density at radius 3 is 2.04 bits per heavy atom. The van der Waals surface area contributed by atoms with Crippen LogP contribution in [0.2, 0.25) is 0 Å². The minimum atomic E-state index is 0.344. The second kappa shape index (κ2) is 7.46. The smallest absolute Gasteiger partial charge is 0.175 e. The Balaban J connectivity index is 1.74. The quantitative estimate of drug-likeness (QED) is 0.498. The van der Waals surface area contributed by atoms with Crippen LogP contribution in [-0.2, 0) is 6.61 Å². The molecule has 0 bridgehead atoms. The molecule has 0 fully saturated rings. The van der Waals surface area contributed by atoms with Crippen LogP contribution in [0.4, 0.5) is 0 Å². The van der Waals surface area contributed by atoms with E-state index >= 15 is 0 Å². The summed E-state index contributed by atoms with van der Waals surface area (Å²) in [6.45, 7) is 4.50. The number of aryl methyl sites for hydroxylation is 2. The summed E-state index contributed by atoms with van der Waals surface area (Å²) < 4.78 is 7.99. The maximum Gasteiger partial charge on any atom is 0.175 e. The van der Waals surface area contributed by atoms with Crippen LogP contribution in [0.25, 0.3) is 17.1 Å². The second-order valence-electron chi connectivity index (χ2n) is 6.58. The van der Waals surface area contributed by atoms with Crippen molar-refractivity contribution in [3.8, 4) is 22.8 Å². The van der Waals surface area contributed by atoms with E-state index in [9.17, 15) is 0 Å². The highest BCUT2D eigenvalue weighted by Crippen LogP contribution is 2.24. The van der Waals surface area contributed by atoms with Gasteiger partial charge in [0, 0.05) is 11.3 Å². The maximum atomic E-state index is 5.92. The average molecular weight is 355 g/mol. The van der Waals surface area contributed by atoms with Crippen LogP contribution in [0.3, 0.4) is 0 Å². The minimum absolute atomic E-state index is 0.344. The van der Waals surface area contributed by atoms with Crippen molar-refractivity contribution in [2.75, 3.05) is 0 Å². The molecular weight excluding hydrogens is 334 g/mol. The molecule has 1 heterocycles. The van der Waals surface area contributed by atoms with Gasteiger partial charge in [-0.2, -0.15) is 0 Å². The van der Waals surface area contributed by atoms with E-state index in [0.29, 0.717) is 6.61 Å². The summed E-state index contributed by atoms with van der Waals surface area (Å²) in [6, 6.07) is 26.4. The molecule has 0 unspecified atom stereocenters. The highest BCUT2D eigenvalue weighted by Gasteiger charge is 2.16. The van der Waals surface area contributed by atoms with E-state index in [1.165, 1.54) is 11.1 Å². The summed E-state index contributed by atoms with van der Waals surface area (Å²) >= 11 is 0. The first-order valence-corrected chi connectivity index (χ1v) is 8.97. The molecule has 4 rings (SSSR count). The lowest BCUT2D eigenvalue weighted by atomic mass is 10.1. The molecule has 0 saturated heterocycles. The molecule has 0 N–H and O–H groups in total. The number of nitrogens with zero attached hydrogens (tertiary/aromatic N) is 3. The van der Waals surface area contributed by atoms with E-state index in [1.807, 2.05) is 30.3 Å². The number of benzene rings is 3. The molecule has 0 aliphatic carbocycles. The summed E-state index contributed by atoms with van der Waals surface area (Å²) in [5.74, 6) is 2.39. The summed E-state index contributed by atoms with van der Waals surface area (Å²) in [4.78, 5) is 0. The van der Waals surface area contributed by atoms with Gasteiger partial charge in [0.2, 0.25) is 0 Å². The molecule has 0 atom stereocenters. The predicted octanol–water partition coefficient (Wildman–Crippen LogP) is 5.13. The fourth-order valence-electron chi connectivity index (χ4n) is 2.93. The SMILES string of the molecule is Cc1ccc(-c2nnc(COc3ccccc3)n2-c2ccc(C)cc2)cc1. The molecular formula is C23H21N3O. The fraction of sp³-hybridized carbons (Fsp3) is 0.130. The molecule has 3 aromatic carbocycles. The Morgan fingerprint density at radius 1 is 0.741 bits per heavy atom. The molecule has 4 aromatic rings. The van der Waals surface area contributed by atoms with Crippen molar-refractivity contribution in [3.63, 3.8) is 0 Å². The normalized spacial score (nSPS) is 10.7. The monoisotopic (exact) mass is 355 g/mol. The van der Waals surface area contributed by atoms with Gasteiger partial charge in [-0.05, 0) is 38.1 Å². The number of hydrogen-bond acceptors (Lipinski definition) is 3. The Bertz CT molecular complexity index is 1020. The van der Waals surface area contributed by atoms with Crippen molar-refractivity contribution in [2.24, 2.45) is 0 Å². The van der Waals surface area contributed by atoms with Gasteiger partial charge >= 0.3 is 0 Å². The number of hydrogen-bond donors (Lipinski definition) is 0. The molecule has 0 saturated carbocycles. The standard InChI is InChI=1S/C23H21N3O/c1-17-8-12-19(13-9-17)23-25-24-22(16-27-21-6-4-3-5-7-21)26(23)20-14-10-18(2)11-15-20/h3-15H,16H2,1-2H3. The van der Waals surface area contributed by atoms with Gasteiger partial charge in [-0.3, -0.25) is 4.57 Å². The maximum absolute atomic E-state index is 5.92. The molecule has 4 nitrogen and oxygen atoms in total. The summed E-state index contributed by atoms with van der Waals surface area (Å²) in [7, 11) is 0. The van der Waals surface area contributed by atoms with E-state index in [2.05, 4.69) is 77.1 Å². The lowest BCUT2D eigenvalue weighted by molar-refractivity contribution is 0.293. The minimum Gasteiger partial charge on any atom is -0.486 e. The summed E-state index contributed by atoms with van der Waals surface area (Å²) in [6.07, 6.45) is 0. The third kappa shape index (κ3) is 3.75. The Labute approximate surface area is 159 Å². The van der Waals surface area contributed by atoms with Gasteiger partial charge < -0.3 is 4.74 Å². The Morgan fingerprint density at radius 2 is 1.37 bits per heavy atom. The first-order valence-electron chi connectivity index (χ1n) is 8.97. The molecule has 4 heteroatoms. The molecule has 0 amide bonds. The average Bonchev–Trinajstić information content (AvgIpc) is 3.12. The van der Waals surface area contributed by atoms with E-state index in [0.717, 1.165) is 28.6 Å². The van der Waals surface area contributed by atoms with E-state index in [1.54, 1.807) is 0 Å². The van der Waals surface area contributed by atoms with Gasteiger partial charge in [-0.15, -0.1) is 10.2 Å². The van der Waals surface area contributed by atoms with Gasteiger partial charge in [0.05, 0.1) is 0 Å². The summed E-state index contributed by atoms with van der Waals surface area (Å²) in [5, 5.41) is 8.88. The largest absolute Gasteiger partial charge is 0.486 e. The topological polar surface area (TPSA) is 39.9 Å². The van der Waals surface area contributed by atoms with Crippen LogP contribution in [0.5, 0.6) is 5.75 Å². The van der Waals surface area contributed by atoms with Gasteiger partial charge in [-0.25, -0.2) is 0 Å². The Kier molecular flexibility index (Phi) is 4.71. The van der Waals surface area contributed by atoms with Crippen LogP contribution in [0, 0.1) is 13.8 Å². The van der Waals surface area contributed by atoms with Crippen molar-refractivity contribution in [3.05, 3.63) is 95.8 Å². The summed E-state index contributed by atoms with van der Waals surface area (Å²) in [5.41, 5.74) is 4.48. The van der Waals surface area contributed by atoms with Crippen molar-refractivity contribution in [2.45, 2.75) is 20.5 Å². The molecule has 134 valence electrons. The lowest BCUT2D eigenvalue weighted by Gasteiger charge is -2.12. The highest BCUT2D eigenvalue weighted by atomic mass is 16.5. The van der Waals surface area contributed by atoms with Gasteiger partial charge in [0.25, 0.3) is 0 Å². The molecule has 0 aliphatic heterocycles. The number of aromatic nitrogens is 3. The first kappa shape index (κ1) is 17.0. The second-order valence-corrected chi connectivity index (χ2v) is 6.58. The van der Waals surface area contributed by atoms with Crippen LogP contribution in [-0.4, -0.2) is 14.8 Å². The van der Waals surface area contributed by atoms with Crippen LogP contribution < -0.4 is 4.74 Å². The fourth-order valence-corrected chi connectivity index (χ4v) is 2.93. The molecule has 1 aromatic heterocycles. The predicted molar refractivity (Wildman–Crippen MR) is 107 cm³/mol. The van der Waals surface area contributed by atoms with Crippen LogP contribution in [0.15, 0.2) is 78.9 Å². The van der Waals surface area contributed by atoms with Crippen LogP contribution >= 0.6 is 0 Å². The van der Waals surface area contributed by atoms with Gasteiger partial charge in [0.15, 0.2) is 11.6 Å². The van der Waals surface area contributed by atoms with Crippen molar-refractivity contribution in [1.82, 2.24) is 14.8 Å². The number of rotatable bonds is 5. The Hall–Kier alpha value is -3.40. The van der Waals surface area contributed by atoms with Crippen molar-refractivity contribution >= 4 is 0 Å². The zero-order valence-electron chi connectivity index (χ0n) is 15.5. The number of ether oxygens (including phenoxy) is 1. The zero-order chi connectivity index (χ0) is 18.6. The van der Waals surface area contributed by atoms with Gasteiger partial charge in [0.1, 0.15) is 12.4 Å². The molecule has 27 heavy (non-hydrogen) atoms. The molecule has 0 aliphatic rings. The van der Waals surface area contributed by atoms with E-state index < -0.39 is 0 Å². The molecule has 0 radical (unpaired) electrons.